The first-order valence-corrected chi connectivity index (χ1v) is 7.02. The van der Waals surface area contributed by atoms with Gasteiger partial charge in [0.15, 0.2) is 0 Å². The summed E-state index contributed by atoms with van der Waals surface area (Å²) in [5.74, 6) is 0.368. The number of ketones is 1. The molecular formula is C14H25NO. The van der Waals surface area contributed by atoms with Crippen molar-refractivity contribution in [3.8, 4) is 0 Å². The van der Waals surface area contributed by atoms with Gasteiger partial charge in [-0.25, -0.2) is 0 Å². The monoisotopic (exact) mass is 223 g/mol. The fourth-order valence-corrected chi connectivity index (χ4v) is 3.47. The lowest BCUT2D eigenvalue weighted by molar-refractivity contribution is -0.118. The van der Waals surface area contributed by atoms with Crippen molar-refractivity contribution in [1.29, 1.82) is 0 Å². The van der Waals surface area contributed by atoms with Crippen LogP contribution in [0.15, 0.2) is 0 Å². The van der Waals surface area contributed by atoms with Crippen LogP contribution in [-0.4, -0.2) is 29.3 Å². The number of hydrogen-bond acceptors (Lipinski definition) is 2. The van der Waals surface area contributed by atoms with E-state index in [2.05, 4.69) is 4.90 Å². The van der Waals surface area contributed by atoms with Gasteiger partial charge in [0.2, 0.25) is 0 Å². The molecule has 1 saturated heterocycles. The molecule has 0 radical (unpaired) electrons. The van der Waals surface area contributed by atoms with Crippen LogP contribution in [0.25, 0.3) is 0 Å². The predicted octanol–water partition coefficient (Wildman–Crippen LogP) is 3.15. The summed E-state index contributed by atoms with van der Waals surface area (Å²) in [5, 5.41) is 0. The van der Waals surface area contributed by atoms with Crippen molar-refractivity contribution in [2.45, 2.75) is 76.8 Å². The van der Waals surface area contributed by atoms with E-state index < -0.39 is 0 Å². The molecule has 1 unspecified atom stereocenters. The van der Waals surface area contributed by atoms with Crippen molar-refractivity contribution in [2.75, 3.05) is 6.54 Å². The van der Waals surface area contributed by atoms with E-state index in [1.54, 1.807) is 6.92 Å². The van der Waals surface area contributed by atoms with Gasteiger partial charge >= 0.3 is 0 Å². The Balaban J connectivity index is 1.94. The molecule has 0 aromatic heterocycles. The molecular weight excluding hydrogens is 198 g/mol. The second-order valence-corrected chi connectivity index (χ2v) is 5.59. The van der Waals surface area contributed by atoms with Crippen LogP contribution < -0.4 is 0 Å². The van der Waals surface area contributed by atoms with Crippen LogP contribution in [0.5, 0.6) is 0 Å². The average molecular weight is 223 g/mol. The maximum atomic E-state index is 11.3. The number of nitrogens with zero attached hydrogens (tertiary/aromatic N) is 1. The minimum atomic E-state index is 0.368. The molecule has 1 aliphatic carbocycles. The molecule has 2 heteroatoms. The number of rotatable bonds is 3. The van der Waals surface area contributed by atoms with Gasteiger partial charge in [-0.3, -0.25) is 9.69 Å². The van der Waals surface area contributed by atoms with Crippen molar-refractivity contribution < 1.29 is 4.79 Å². The quantitative estimate of drug-likeness (QED) is 0.732. The number of carbonyl (C=O) groups excluding carboxylic acids is 1. The molecule has 92 valence electrons. The molecule has 1 aliphatic heterocycles. The second kappa shape index (κ2) is 5.81. The molecule has 2 fully saturated rings. The van der Waals surface area contributed by atoms with E-state index in [4.69, 9.17) is 0 Å². The fraction of sp³-hybridized carbons (Fsp3) is 0.929. The third-order valence-electron chi connectivity index (χ3n) is 4.24. The summed E-state index contributed by atoms with van der Waals surface area (Å²) in [6.45, 7) is 2.98. The Bertz CT molecular complexity index is 233. The standard InChI is InChI=1S/C14H25NO/c1-12(16)11-14-9-5-6-10-15(14)13-7-3-2-4-8-13/h13-14H,2-11H2,1H3. The average Bonchev–Trinajstić information content (AvgIpc) is 2.30. The van der Waals surface area contributed by atoms with Gasteiger partial charge in [0, 0.05) is 18.5 Å². The molecule has 0 amide bonds. The molecule has 2 aliphatic rings. The van der Waals surface area contributed by atoms with E-state index in [1.165, 1.54) is 57.9 Å². The molecule has 0 spiro atoms. The molecule has 0 aromatic rings. The number of piperidine rings is 1. The molecule has 0 N–H and O–H groups in total. The van der Waals surface area contributed by atoms with Crippen molar-refractivity contribution in [2.24, 2.45) is 0 Å². The highest BCUT2D eigenvalue weighted by atomic mass is 16.1. The summed E-state index contributed by atoms with van der Waals surface area (Å²) in [6, 6.07) is 1.35. The third kappa shape index (κ3) is 3.07. The molecule has 2 nitrogen and oxygen atoms in total. The highest BCUT2D eigenvalue weighted by Gasteiger charge is 2.30. The largest absolute Gasteiger partial charge is 0.300 e. The van der Waals surface area contributed by atoms with Crippen LogP contribution in [-0.2, 0) is 4.79 Å². The van der Waals surface area contributed by atoms with Crippen LogP contribution in [0, 0.1) is 0 Å². The summed E-state index contributed by atoms with van der Waals surface area (Å²) in [5.41, 5.74) is 0. The SMILES string of the molecule is CC(=O)CC1CCCCN1C1CCCCC1. The zero-order chi connectivity index (χ0) is 11.4. The van der Waals surface area contributed by atoms with Gasteiger partial charge in [-0.1, -0.05) is 25.7 Å². The summed E-state index contributed by atoms with van der Waals surface area (Å²) in [4.78, 5) is 14.0. The van der Waals surface area contributed by atoms with Crippen LogP contribution in [0.2, 0.25) is 0 Å². The Labute approximate surface area is 99.4 Å². The van der Waals surface area contributed by atoms with E-state index in [0.29, 0.717) is 11.8 Å². The fourth-order valence-electron chi connectivity index (χ4n) is 3.47. The topological polar surface area (TPSA) is 20.3 Å². The summed E-state index contributed by atoms with van der Waals surface area (Å²) >= 11 is 0. The van der Waals surface area contributed by atoms with Crippen molar-refractivity contribution >= 4 is 5.78 Å². The Hall–Kier alpha value is -0.370. The maximum absolute atomic E-state index is 11.3. The van der Waals surface area contributed by atoms with Crippen LogP contribution in [0.1, 0.15) is 64.7 Å². The van der Waals surface area contributed by atoms with Crippen molar-refractivity contribution in [3.63, 3.8) is 0 Å². The lowest BCUT2D eigenvalue weighted by atomic mass is 9.89. The van der Waals surface area contributed by atoms with Gasteiger partial charge in [-0.2, -0.15) is 0 Å². The minimum absolute atomic E-state index is 0.368. The molecule has 0 aromatic carbocycles. The Morgan fingerprint density at radius 1 is 1.06 bits per heavy atom. The zero-order valence-corrected chi connectivity index (χ0v) is 10.6. The van der Waals surface area contributed by atoms with Gasteiger partial charge in [0.25, 0.3) is 0 Å². The first-order valence-electron chi connectivity index (χ1n) is 7.02. The smallest absolute Gasteiger partial charge is 0.131 e. The summed E-state index contributed by atoms with van der Waals surface area (Å²) in [6.07, 6.45) is 11.6. The molecule has 1 atom stereocenters. The third-order valence-corrected chi connectivity index (χ3v) is 4.24. The molecule has 2 rings (SSSR count). The molecule has 16 heavy (non-hydrogen) atoms. The van der Waals surface area contributed by atoms with E-state index in [9.17, 15) is 4.79 Å². The van der Waals surface area contributed by atoms with Gasteiger partial charge in [0.1, 0.15) is 5.78 Å². The number of Topliss-reactive ketones (excluding diaryl/α,β-unsaturated/α-hetero) is 1. The Morgan fingerprint density at radius 2 is 1.75 bits per heavy atom. The molecule has 0 bridgehead atoms. The van der Waals surface area contributed by atoms with Crippen LogP contribution >= 0.6 is 0 Å². The Kier molecular flexibility index (Phi) is 4.39. The summed E-state index contributed by atoms with van der Waals surface area (Å²) in [7, 11) is 0. The normalized spacial score (nSPS) is 29.2. The van der Waals surface area contributed by atoms with Crippen LogP contribution in [0.3, 0.4) is 0 Å². The van der Waals surface area contributed by atoms with E-state index in [0.717, 1.165) is 12.5 Å². The minimum Gasteiger partial charge on any atom is -0.300 e. The van der Waals surface area contributed by atoms with Gasteiger partial charge in [-0.15, -0.1) is 0 Å². The molecule has 1 heterocycles. The van der Waals surface area contributed by atoms with E-state index >= 15 is 0 Å². The first kappa shape index (κ1) is 12.1. The van der Waals surface area contributed by atoms with Crippen molar-refractivity contribution in [3.05, 3.63) is 0 Å². The van der Waals surface area contributed by atoms with Crippen molar-refractivity contribution in [1.82, 2.24) is 4.90 Å². The lowest BCUT2D eigenvalue weighted by Crippen LogP contribution is -2.47. The van der Waals surface area contributed by atoms with E-state index in [1.807, 2.05) is 0 Å². The lowest BCUT2D eigenvalue weighted by Gasteiger charge is -2.42. The number of likely N-dealkylation sites (tertiary alicyclic amines) is 1. The highest BCUT2D eigenvalue weighted by Crippen LogP contribution is 2.29. The predicted molar refractivity (Wildman–Crippen MR) is 66.5 cm³/mol. The Morgan fingerprint density at radius 3 is 2.44 bits per heavy atom. The van der Waals surface area contributed by atoms with Crippen LogP contribution in [0.4, 0.5) is 0 Å². The van der Waals surface area contributed by atoms with Gasteiger partial charge < -0.3 is 0 Å². The molecule has 1 saturated carbocycles. The summed E-state index contributed by atoms with van der Waals surface area (Å²) < 4.78 is 0. The van der Waals surface area contributed by atoms with E-state index in [-0.39, 0.29) is 0 Å². The number of carbonyl (C=O) groups is 1. The second-order valence-electron chi connectivity index (χ2n) is 5.59. The zero-order valence-electron chi connectivity index (χ0n) is 10.6. The first-order chi connectivity index (χ1) is 7.77. The number of hydrogen-bond donors (Lipinski definition) is 0. The highest BCUT2D eigenvalue weighted by molar-refractivity contribution is 5.76. The van der Waals surface area contributed by atoms with Gasteiger partial charge in [-0.05, 0) is 39.2 Å². The maximum Gasteiger partial charge on any atom is 0.131 e. The van der Waals surface area contributed by atoms with Gasteiger partial charge in [0.05, 0.1) is 0 Å².